The maximum atomic E-state index is 12.6. The number of rotatable bonds is 7. The van der Waals surface area contributed by atoms with Gasteiger partial charge < -0.3 is 24.2 Å². The van der Waals surface area contributed by atoms with Gasteiger partial charge in [-0.1, -0.05) is 0 Å². The van der Waals surface area contributed by atoms with Gasteiger partial charge in [-0.15, -0.1) is 0 Å². The minimum absolute atomic E-state index is 0.0111. The molecule has 0 bridgehead atoms. The highest BCUT2D eigenvalue weighted by atomic mass is 16.6. The van der Waals surface area contributed by atoms with Gasteiger partial charge in [0.25, 0.3) is 0 Å². The monoisotopic (exact) mass is 350 g/mol. The van der Waals surface area contributed by atoms with Gasteiger partial charge in [0.2, 0.25) is 5.52 Å². The zero-order valence-corrected chi connectivity index (χ0v) is 14.1. The lowest BCUT2D eigenvalue weighted by atomic mass is 10.2. The fourth-order valence-corrected chi connectivity index (χ4v) is 2.16. The molecular weight excluding hydrogens is 332 g/mol. The van der Waals surface area contributed by atoms with Crippen LogP contribution in [-0.4, -0.2) is 44.4 Å². The minimum atomic E-state index is -0.885. The van der Waals surface area contributed by atoms with E-state index < -0.39 is 11.9 Å². The highest BCUT2D eigenvalue weighted by Gasteiger charge is 2.28. The van der Waals surface area contributed by atoms with Gasteiger partial charge in [0.05, 0.1) is 19.8 Å². The summed E-state index contributed by atoms with van der Waals surface area (Å²) in [6, 6.07) is 4.71. The predicted octanol–water partition coefficient (Wildman–Crippen LogP) is 0.743. The molecule has 2 rings (SSSR count). The lowest BCUT2D eigenvalue weighted by Gasteiger charge is -2.11. The number of ether oxygens (including phenoxy) is 4. The molecule has 9 nitrogen and oxygen atoms in total. The SMILES string of the molecule is CCOc1ccc2nc(COC(=O)COC)c(C(=O)OC)[n+]([O-])c2c1. The third kappa shape index (κ3) is 4.13. The zero-order valence-electron chi connectivity index (χ0n) is 14.1. The number of hydrogen-bond donors (Lipinski definition) is 0. The van der Waals surface area contributed by atoms with E-state index in [0.717, 1.165) is 7.11 Å². The predicted molar refractivity (Wildman–Crippen MR) is 84.9 cm³/mol. The summed E-state index contributed by atoms with van der Waals surface area (Å²) >= 11 is 0. The van der Waals surface area contributed by atoms with E-state index >= 15 is 0 Å². The molecule has 0 amide bonds. The standard InChI is InChI=1S/C16H18N2O7/c1-4-24-10-5-6-11-13(7-10)18(21)15(16(20)23-3)12(17-11)8-25-14(19)9-22-2/h5-7H,4,8-9H2,1-3H3. The lowest BCUT2D eigenvalue weighted by Crippen LogP contribution is -2.38. The second-order valence-electron chi connectivity index (χ2n) is 4.87. The van der Waals surface area contributed by atoms with Crippen LogP contribution in [0.25, 0.3) is 11.0 Å². The molecule has 1 heterocycles. The molecule has 1 aromatic heterocycles. The zero-order chi connectivity index (χ0) is 18.4. The van der Waals surface area contributed by atoms with Gasteiger partial charge in [0.1, 0.15) is 24.5 Å². The maximum Gasteiger partial charge on any atom is 0.406 e. The van der Waals surface area contributed by atoms with E-state index in [1.807, 2.05) is 6.92 Å². The van der Waals surface area contributed by atoms with Crippen molar-refractivity contribution in [3.63, 3.8) is 0 Å². The minimum Gasteiger partial charge on any atom is -0.618 e. The van der Waals surface area contributed by atoms with Crippen molar-refractivity contribution in [2.24, 2.45) is 0 Å². The number of carbonyl (C=O) groups is 2. The van der Waals surface area contributed by atoms with Crippen molar-refractivity contribution in [1.29, 1.82) is 0 Å². The van der Waals surface area contributed by atoms with Crippen LogP contribution in [0.15, 0.2) is 18.2 Å². The first-order valence-corrected chi connectivity index (χ1v) is 7.43. The number of esters is 2. The molecule has 0 saturated carbocycles. The number of aromatic nitrogens is 2. The Kier molecular flexibility index (Phi) is 6.07. The highest BCUT2D eigenvalue weighted by molar-refractivity contribution is 5.88. The fraction of sp³-hybridized carbons (Fsp3) is 0.375. The largest absolute Gasteiger partial charge is 0.618 e. The van der Waals surface area contributed by atoms with E-state index in [2.05, 4.69) is 14.5 Å². The molecule has 0 unspecified atom stereocenters. The van der Waals surface area contributed by atoms with Gasteiger partial charge in [-0.2, -0.15) is 4.73 Å². The first kappa shape index (κ1) is 18.4. The molecule has 0 N–H and O–H groups in total. The Labute approximate surface area is 143 Å². The summed E-state index contributed by atoms with van der Waals surface area (Å²) in [5.74, 6) is -1.06. The molecule has 2 aromatic rings. The van der Waals surface area contributed by atoms with E-state index in [0.29, 0.717) is 22.6 Å². The van der Waals surface area contributed by atoms with E-state index in [4.69, 9.17) is 9.47 Å². The maximum absolute atomic E-state index is 12.6. The van der Waals surface area contributed by atoms with Crippen LogP contribution in [0.2, 0.25) is 0 Å². The van der Waals surface area contributed by atoms with Crippen LogP contribution in [0, 0.1) is 5.21 Å². The van der Waals surface area contributed by atoms with Crippen molar-refractivity contribution < 1.29 is 33.3 Å². The topological polar surface area (TPSA) is 111 Å². The Bertz CT molecular complexity index is 792. The van der Waals surface area contributed by atoms with Gasteiger partial charge in [-0.05, 0) is 19.1 Å². The van der Waals surface area contributed by atoms with Crippen LogP contribution in [0.3, 0.4) is 0 Å². The molecule has 0 aliphatic heterocycles. The van der Waals surface area contributed by atoms with Gasteiger partial charge in [-0.3, -0.25) is 0 Å². The molecule has 0 radical (unpaired) electrons. The van der Waals surface area contributed by atoms with Crippen LogP contribution >= 0.6 is 0 Å². The van der Waals surface area contributed by atoms with Crippen LogP contribution in [-0.2, 0) is 25.6 Å². The van der Waals surface area contributed by atoms with E-state index in [9.17, 15) is 14.8 Å². The van der Waals surface area contributed by atoms with Crippen molar-refractivity contribution in [1.82, 2.24) is 4.98 Å². The number of carbonyl (C=O) groups excluding carboxylic acids is 2. The van der Waals surface area contributed by atoms with Gasteiger partial charge in [-0.25, -0.2) is 14.6 Å². The van der Waals surface area contributed by atoms with Crippen molar-refractivity contribution in [2.75, 3.05) is 27.4 Å². The Morgan fingerprint density at radius 1 is 1.28 bits per heavy atom. The number of nitrogens with zero attached hydrogens (tertiary/aromatic N) is 2. The molecule has 1 aromatic carbocycles. The molecule has 134 valence electrons. The summed E-state index contributed by atoms with van der Waals surface area (Å²) in [7, 11) is 2.49. The normalized spacial score (nSPS) is 10.5. The number of benzene rings is 1. The number of methoxy groups -OCH3 is 2. The first-order valence-electron chi connectivity index (χ1n) is 7.43. The van der Waals surface area contributed by atoms with Crippen LogP contribution in [0.4, 0.5) is 0 Å². The quantitative estimate of drug-likeness (QED) is 0.408. The summed E-state index contributed by atoms with van der Waals surface area (Å²) in [4.78, 5) is 27.7. The summed E-state index contributed by atoms with van der Waals surface area (Å²) in [5.41, 5.74) is 0.0963. The third-order valence-electron chi connectivity index (χ3n) is 3.22. The lowest BCUT2D eigenvalue weighted by molar-refractivity contribution is -0.581. The van der Waals surface area contributed by atoms with Gasteiger partial charge >= 0.3 is 17.6 Å². The van der Waals surface area contributed by atoms with Crippen molar-refractivity contribution >= 4 is 23.0 Å². The van der Waals surface area contributed by atoms with Crippen molar-refractivity contribution in [3.05, 3.63) is 34.8 Å². The average molecular weight is 350 g/mol. The molecule has 0 saturated heterocycles. The highest BCUT2D eigenvalue weighted by Crippen LogP contribution is 2.19. The van der Waals surface area contributed by atoms with Gasteiger partial charge in [0, 0.05) is 7.11 Å². The molecule has 25 heavy (non-hydrogen) atoms. The fourth-order valence-electron chi connectivity index (χ4n) is 2.16. The Hall–Kier alpha value is -2.94. The van der Waals surface area contributed by atoms with Crippen LogP contribution in [0.1, 0.15) is 23.1 Å². The molecular formula is C16H18N2O7. The Morgan fingerprint density at radius 3 is 2.68 bits per heavy atom. The molecule has 0 aliphatic carbocycles. The average Bonchev–Trinajstić information content (AvgIpc) is 2.60. The Balaban J connectivity index is 2.50. The van der Waals surface area contributed by atoms with Crippen LogP contribution in [0.5, 0.6) is 5.75 Å². The molecule has 0 fully saturated rings. The summed E-state index contributed by atoms with van der Waals surface area (Å²) in [5, 5.41) is 12.6. The van der Waals surface area contributed by atoms with Gasteiger partial charge in [0.15, 0.2) is 5.69 Å². The van der Waals surface area contributed by atoms with Crippen LogP contribution < -0.4 is 9.47 Å². The summed E-state index contributed by atoms with van der Waals surface area (Å²) < 4.78 is 20.0. The first-order chi connectivity index (χ1) is 12.0. The smallest absolute Gasteiger partial charge is 0.406 e. The number of fused-ring (bicyclic) bond motifs is 1. The van der Waals surface area contributed by atoms with E-state index in [1.54, 1.807) is 12.1 Å². The molecule has 0 aliphatic rings. The van der Waals surface area contributed by atoms with E-state index in [-0.39, 0.29) is 30.1 Å². The summed E-state index contributed by atoms with van der Waals surface area (Å²) in [6.45, 7) is 1.62. The molecule has 0 spiro atoms. The molecule has 9 heteroatoms. The second kappa shape index (κ2) is 8.25. The Morgan fingerprint density at radius 2 is 2.04 bits per heavy atom. The molecule has 0 atom stereocenters. The second-order valence-corrected chi connectivity index (χ2v) is 4.87. The number of hydrogen-bond acceptors (Lipinski definition) is 8. The van der Waals surface area contributed by atoms with Crippen molar-refractivity contribution in [3.8, 4) is 5.75 Å². The summed E-state index contributed by atoms with van der Waals surface area (Å²) in [6.07, 6.45) is 0. The third-order valence-corrected chi connectivity index (χ3v) is 3.22. The van der Waals surface area contributed by atoms with E-state index in [1.165, 1.54) is 13.2 Å². The van der Waals surface area contributed by atoms with Crippen molar-refractivity contribution in [2.45, 2.75) is 13.5 Å².